The van der Waals surface area contributed by atoms with Crippen molar-refractivity contribution in [2.75, 3.05) is 20.7 Å². The maximum Gasteiger partial charge on any atom is 0.333 e. The van der Waals surface area contributed by atoms with Gasteiger partial charge in [-0.2, -0.15) is 0 Å². The molecule has 1 fully saturated rings. The second-order valence-electron chi connectivity index (χ2n) is 3.38. The van der Waals surface area contributed by atoms with E-state index in [9.17, 15) is 14.4 Å². The van der Waals surface area contributed by atoms with E-state index < -0.39 is 17.8 Å². The number of rotatable bonds is 3. The van der Waals surface area contributed by atoms with Crippen LogP contribution >= 0.6 is 0 Å². The van der Waals surface area contributed by atoms with E-state index in [1.54, 1.807) is 0 Å². The van der Waals surface area contributed by atoms with Gasteiger partial charge in [-0.05, 0) is 19.1 Å². The zero-order chi connectivity index (χ0) is 13.0. The van der Waals surface area contributed by atoms with Gasteiger partial charge in [0, 0.05) is 14.1 Å². The van der Waals surface area contributed by atoms with E-state index in [2.05, 4.69) is 0 Å². The fourth-order valence-electron chi connectivity index (χ4n) is 1.28. The van der Waals surface area contributed by atoms with Crippen molar-refractivity contribution in [3.8, 4) is 0 Å². The predicted octanol–water partition coefficient (Wildman–Crippen LogP) is 0.513. The summed E-state index contributed by atoms with van der Waals surface area (Å²) in [6.07, 6.45) is 4.16. The van der Waals surface area contributed by atoms with Crippen LogP contribution in [0.4, 0.5) is 4.79 Å². The molecule has 0 spiro atoms. The van der Waals surface area contributed by atoms with Crippen LogP contribution in [0, 0.1) is 0 Å². The van der Waals surface area contributed by atoms with E-state index in [-0.39, 0.29) is 5.57 Å². The molecule has 0 N–H and O–H groups in total. The quantitative estimate of drug-likeness (QED) is 0.408. The van der Waals surface area contributed by atoms with Gasteiger partial charge in [0.2, 0.25) is 0 Å². The Bertz CT molecular complexity index is 386. The third-order valence-electron chi connectivity index (χ3n) is 2.25. The highest BCUT2D eigenvalue weighted by Gasteiger charge is 2.37. The van der Waals surface area contributed by atoms with E-state index in [1.807, 2.05) is 6.92 Å². The Morgan fingerprint density at radius 1 is 1.12 bits per heavy atom. The summed E-state index contributed by atoms with van der Waals surface area (Å²) in [4.78, 5) is 36.5. The number of barbiturate groups is 1. The van der Waals surface area contributed by atoms with E-state index in [0.29, 0.717) is 6.61 Å². The first-order chi connectivity index (χ1) is 8.00. The first kappa shape index (κ1) is 13.0. The Balaban J connectivity index is 2.94. The number of carbonyl (C=O) groups is 3. The number of hydrogen-bond acceptors (Lipinski definition) is 4. The molecule has 1 rings (SSSR count). The Kier molecular flexibility index (Phi) is 4.03. The van der Waals surface area contributed by atoms with Gasteiger partial charge >= 0.3 is 6.03 Å². The predicted molar refractivity (Wildman–Crippen MR) is 59.8 cm³/mol. The molecule has 1 aliphatic heterocycles. The highest BCUT2D eigenvalue weighted by atomic mass is 16.5. The van der Waals surface area contributed by atoms with Crippen molar-refractivity contribution in [2.24, 2.45) is 0 Å². The largest absolute Gasteiger partial charge is 0.501 e. The highest BCUT2D eigenvalue weighted by molar-refractivity contribution is 6.28. The fraction of sp³-hybridized carbons (Fsp3) is 0.364. The van der Waals surface area contributed by atoms with E-state index in [0.717, 1.165) is 9.80 Å². The van der Waals surface area contributed by atoms with E-state index in [1.165, 1.54) is 32.5 Å². The molecular weight excluding hydrogens is 224 g/mol. The zero-order valence-corrected chi connectivity index (χ0v) is 9.97. The average molecular weight is 238 g/mol. The highest BCUT2D eigenvalue weighted by Crippen LogP contribution is 2.14. The minimum absolute atomic E-state index is 0.0643. The molecule has 0 aliphatic carbocycles. The number of ether oxygens (including phenoxy) is 1. The third-order valence-corrected chi connectivity index (χ3v) is 2.25. The lowest BCUT2D eigenvalue weighted by Crippen LogP contribution is -2.52. The second-order valence-corrected chi connectivity index (χ2v) is 3.38. The molecule has 0 unspecified atom stereocenters. The summed E-state index contributed by atoms with van der Waals surface area (Å²) in [5, 5.41) is 0. The average Bonchev–Trinajstić information content (AvgIpc) is 2.33. The number of carbonyl (C=O) groups excluding carboxylic acids is 3. The van der Waals surface area contributed by atoms with Crippen molar-refractivity contribution in [1.82, 2.24) is 9.80 Å². The Morgan fingerprint density at radius 3 is 2.12 bits per heavy atom. The minimum atomic E-state index is -0.633. The number of allylic oxidation sites excluding steroid dienone is 2. The zero-order valence-electron chi connectivity index (χ0n) is 9.97. The molecule has 6 nitrogen and oxygen atoms in total. The third kappa shape index (κ3) is 2.52. The summed E-state index contributed by atoms with van der Waals surface area (Å²) >= 11 is 0. The summed E-state index contributed by atoms with van der Waals surface area (Å²) in [5.74, 6) is -1.22. The van der Waals surface area contributed by atoms with E-state index in [4.69, 9.17) is 4.74 Å². The SMILES string of the molecule is CCO/C=C/C=C1C(=O)N(C)C(=O)N(C)C1=O. The summed E-state index contributed by atoms with van der Waals surface area (Å²) in [7, 11) is 2.65. The van der Waals surface area contributed by atoms with Crippen LogP contribution in [0.3, 0.4) is 0 Å². The maximum atomic E-state index is 11.7. The lowest BCUT2D eigenvalue weighted by Gasteiger charge is -2.28. The number of urea groups is 1. The van der Waals surface area contributed by atoms with Gasteiger partial charge in [-0.3, -0.25) is 19.4 Å². The Morgan fingerprint density at radius 2 is 1.65 bits per heavy atom. The summed E-state index contributed by atoms with van der Waals surface area (Å²) in [6, 6.07) is -0.633. The van der Waals surface area contributed by atoms with Crippen LogP contribution in [-0.2, 0) is 14.3 Å². The van der Waals surface area contributed by atoms with Gasteiger partial charge in [0.05, 0.1) is 12.9 Å². The first-order valence-electron chi connectivity index (χ1n) is 5.09. The molecule has 0 aromatic rings. The number of likely N-dealkylation sites (N-methyl/N-ethyl adjacent to an activating group) is 2. The molecular formula is C11H14N2O4. The molecule has 1 saturated heterocycles. The topological polar surface area (TPSA) is 66.9 Å². The minimum Gasteiger partial charge on any atom is -0.501 e. The normalized spacial score (nSPS) is 17.1. The number of hydrogen-bond donors (Lipinski definition) is 0. The molecule has 0 saturated carbocycles. The van der Waals surface area contributed by atoms with Gasteiger partial charge in [0.1, 0.15) is 5.57 Å². The summed E-state index contributed by atoms with van der Waals surface area (Å²) in [6.45, 7) is 2.31. The summed E-state index contributed by atoms with van der Waals surface area (Å²) in [5.41, 5.74) is -0.0643. The molecule has 4 amide bonds. The Hall–Kier alpha value is -2.11. The van der Waals surface area contributed by atoms with E-state index >= 15 is 0 Å². The molecule has 0 aromatic heterocycles. The maximum absolute atomic E-state index is 11.7. The van der Waals surface area contributed by atoms with Crippen molar-refractivity contribution < 1.29 is 19.1 Å². The molecule has 1 aliphatic rings. The van der Waals surface area contributed by atoms with Crippen LogP contribution in [0.2, 0.25) is 0 Å². The number of nitrogens with zero attached hydrogens (tertiary/aromatic N) is 2. The fourth-order valence-corrected chi connectivity index (χ4v) is 1.28. The summed E-state index contributed by atoms with van der Waals surface area (Å²) < 4.78 is 4.93. The molecule has 0 atom stereocenters. The van der Waals surface area contributed by atoms with Gasteiger partial charge < -0.3 is 4.74 Å². The molecule has 92 valence electrons. The second kappa shape index (κ2) is 5.29. The van der Waals surface area contributed by atoms with Gasteiger partial charge in [-0.1, -0.05) is 0 Å². The monoisotopic (exact) mass is 238 g/mol. The molecule has 0 aromatic carbocycles. The van der Waals surface area contributed by atoms with Crippen molar-refractivity contribution in [2.45, 2.75) is 6.92 Å². The van der Waals surface area contributed by atoms with Gasteiger partial charge in [-0.15, -0.1) is 0 Å². The van der Waals surface area contributed by atoms with Gasteiger partial charge in [0.25, 0.3) is 11.8 Å². The van der Waals surface area contributed by atoms with Crippen LogP contribution in [0.15, 0.2) is 24.0 Å². The molecule has 0 radical (unpaired) electrons. The van der Waals surface area contributed by atoms with Crippen LogP contribution in [0.5, 0.6) is 0 Å². The lowest BCUT2D eigenvalue weighted by atomic mass is 10.1. The molecule has 1 heterocycles. The number of imide groups is 2. The lowest BCUT2D eigenvalue weighted by molar-refractivity contribution is -0.134. The van der Waals surface area contributed by atoms with Crippen LogP contribution < -0.4 is 0 Å². The Labute approximate surface area is 99.1 Å². The smallest absolute Gasteiger partial charge is 0.333 e. The van der Waals surface area contributed by atoms with Crippen LogP contribution in [-0.4, -0.2) is 48.3 Å². The van der Waals surface area contributed by atoms with Gasteiger partial charge in [-0.25, -0.2) is 4.79 Å². The standard InChI is InChI=1S/C11H14N2O4/c1-4-17-7-5-6-8-9(14)12(2)11(16)13(3)10(8)15/h5-7H,4H2,1-3H3/b7-5+. The first-order valence-corrected chi connectivity index (χ1v) is 5.09. The van der Waals surface area contributed by atoms with Gasteiger partial charge in [0.15, 0.2) is 0 Å². The van der Waals surface area contributed by atoms with Crippen molar-refractivity contribution in [1.29, 1.82) is 0 Å². The van der Waals surface area contributed by atoms with Crippen molar-refractivity contribution in [3.05, 3.63) is 24.0 Å². The number of amides is 4. The molecule has 0 bridgehead atoms. The van der Waals surface area contributed by atoms with Crippen LogP contribution in [0.25, 0.3) is 0 Å². The van der Waals surface area contributed by atoms with Crippen molar-refractivity contribution in [3.63, 3.8) is 0 Å². The molecule has 17 heavy (non-hydrogen) atoms. The van der Waals surface area contributed by atoms with Crippen LogP contribution in [0.1, 0.15) is 6.92 Å². The van der Waals surface area contributed by atoms with Crippen molar-refractivity contribution >= 4 is 17.8 Å². The molecule has 6 heteroatoms.